The minimum atomic E-state index is -0.0582. The van der Waals surface area contributed by atoms with Crippen LogP contribution >= 0.6 is 27.5 Å². The van der Waals surface area contributed by atoms with Gasteiger partial charge in [-0.15, -0.1) is 0 Å². The number of rotatable bonds is 6. The van der Waals surface area contributed by atoms with Crippen LogP contribution in [0, 0.1) is 27.7 Å². The first-order chi connectivity index (χ1) is 13.3. The average molecular weight is 465 g/mol. The molecule has 0 atom stereocenters. The van der Waals surface area contributed by atoms with Gasteiger partial charge < -0.3 is 5.32 Å². The fraction of sp³-hybridized carbons (Fsp3) is 0.350. The van der Waals surface area contributed by atoms with E-state index in [0.717, 1.165) is 38.5 Å². The van der Waals surface area contributed by atoms with Crippen LogP contribution in [0.1, 0.15) is 34.8 Å². The fourth-order valence-corrected chi connectivity index (χ4v) is 3.64. The Morgan fingerprint density at radius 1 is 1.11 bits per heavy atom. The van der Waals surface area contributed by atoms with Crippen molar-refractivity contribution < 1.29 is 4.79 Å². The summed E-state index contributed by atoms with van der Waals surface area (Å²) in [5.41, 5.74) is 5.48. The summed E-state index contributed by atoms with van der Waals surface area (Å²) in [5.74, 6) is -0.0582. The summed E-state index contributed by atoms with van der Waals surface area (Å²) < 4.78 is 4.72. The number of nitrogens with zero attached hydrogens (tertiary/aromatic N) is 4. The van der Waals surface area contributed by atoms with Crippen molar-refractivity contribution in [2.24, 2.45) is 0 Å². The Morgan fingerprint density at radius 3 is 2.46 bits per heavy atom. The number of hydrogen-bond donors (Lipinski definition) is 1. The van der Waals surface area contributed by atoms with Crippen molar-refractivity contribution in [3.05, 3.63) is 62.1 Å². The third kappa shape index (κ3) is 4.47. The van der Waals surface area contributed by atoms with Gasteiger partial charge in [-0.25, -0.2) is 0 Å². The van der Waals surface area contributed by atoms with Gasteiger partial charge in [0.15, 0.2) is 0 Å². The zero-order valence-corrected chi connectivity index (χ0v) is 18.7. The first kappa shape index (κ1) is 20.6. The topological polar surface area (TPSA) is 64.7 Å². The van der Waals surface area contributed by atoms with Crippen molar-refractivity contribution in [1.82, 2.24) is 19.6 Å². The molecule has 0 saturated heterocycles. The maximum absolute atomic E-state index is 12.5. The zero-order valence-electron chi connectivity index (χ0n) is 16.4. The van der Waals surface area contributed by atoms with Crippen molar-refractivity contribution >= 4 is 39.1 Å². The minimum absolute atomic E-state index is 0.0582. The molecule has 0 aliphatic carbocycles. The summed E-state index contributed by atoms with van der Waals surface area (Å²) >= 11 is 9.58. The molecule has 0 spiro atoms. The molecular weight excluding hydrogens is 442 g/mol. The molecule has 0 fully saturated rings. The number of carbonyl (C=O) groups excluding carboxylic acids is 1. The predicted octanol–water partition coefficient (Wildman–Crippen LogP) is 4.81. The molecular formula is C20H23BrClN5O. The molecule has 28 heavy (non-hydrogen) atoms. The van der Waals surface area contributed by atoms with Crippen LogP contribution in [0.2, 0.25) is 5.02 Å². The number of aryl methyl sites for hydroxylation is 3. The molecule has 0 unspecified atom stereocenters. The fourth-order valence-electron chi connectivity index (χ4n) is 3.14. The van der Waals surface area contributed by atoms with Crippen LogP contribution in [0.3, 0.4) is 0 Å². The second kappa shape index (κ2) is 8.49. The Bertz CT molecular complexity index is 1020. The van der Waals surface area contributed by atoms with Crippen LogP contribution in [-0.2, 0) is 17.9 Å². The van der Waals surface area contributed by atoms with Gasteiger partial charge in [-0.2, -0.15) is 10.2 Å². The highest BCUT2D eigenvalue weighted by molar-refractivity contribution is 9.10. The van der Waals surface area contributed by atoms with E-state index < -0.39 is 0 Å². The van der Waals surface area contributed by atoms with Crippen molar-refractivity contribution in [3.8, 4) is 0 Å². The molecule has 0 saturated carbocycles. The predicted molar refractivity (Wildman–Crippen MR) is 115 cm³/mol. The summed E-state index contributed by atoms with van der Waals surface area (Å²) in [6.07, 6.45) is 0.340. The number of halogens is 2. The maximum Gasteiger partial charge on any atom is 0.226 e. The van der Waals surface area contributed by atoms with E-state index in [0.29, 0.717) is 24.5 Å². The minimum Gasteiger partial charge on any atom is -0.323 e. The van der Waals surface area contributed by atoms with Crippen molar-refractivity contribution in [1.29, 1.82) is 0 Å². The van der Waals surface area contributed by atoms with E-state index in [9.17, 15) is 4.79 Å². The molecule has 0 bridgehead atoms. The largest absolute Gasteiger partial charge is 0.323 e. The molecule has 3 rings (SSSR count). The van der Waals surface area contributed by atoms with Crippen molar-refractivity contribution in [3.63, 3.8) is 0 Å². The summed E-state index contributed by atoms with van der Waals surface area (Å²) in [7, 11) is 0. The molecule has 0 radical (unpaired) electrons. The van der Waals surface area contributed by atoms with Gasteiger partial charge in [-0.3, -0.25) is 14.2 Å². The molecule has 0 aliphatic rings. The quantitative estimate of drug-likeness (QED) is 0.569. The molecule has 1 amide bonds. The Morgan fingerprint density at radius 2 is 1.82 bits per heavy atom. The van der Waals surface area contributed by atoms with Gasteiger partial charge in [-0.1, -0.05) is 23.7 Å². The smallest absolute Gasteiger partial charge is 0.226 e. The maximum atomic E-state index is 12.5. The van der Waals surface area contributed by atoms with Gasteiger partial charge in [0.2, 0.25) is 5.91 Å². The van der Waals surface area contributed by atoms with E-state index in [4.69, 9.17) is 11.6 Å². The van der Waals surface area contributed by atoms with E-state index in [1.165, 1.54) is 0 Å². The summed E-state index contributed by atoms with van der Waals surface area (Å²) in [6.45, 7) is 8.90. The summed E-state index contributed by atoms with van der Waals surface area (Å²) in [6, 6.07) is 7.69. The Labute approximate surface area is 178 Å². The van der Waals surface area contributed by atoms with Gasteiger partial charge in [0.1, 0.15) is 0 Å². The number of carbonyl (C=O) groups is 1. The van der Waals surface area contributed by atoms with Crippen LogP contribution in [0.25, 0.3) is 0 Å². The van der Waals surface area contributed by atoms with Crippen molar-refractivity contribution in [2.75, 3.05) is 5.32 Å². The van der Waals surface area contributed by atoms with E-state index in [-0.39, 0.29) is 5.91 Å². The lowest BCUT2D eigenvalue weighted by molar-refractivity contribution is -0.116. The molecule has 8 heteroatoms. The van der Waals surface area contributed by atoms with Gasteiger partial charge in [0, 0.05) is 17.1 Å². The lowest BCUT2D eigenvalue weighted by atomic mass is 10.2. The second-order valence-electron chi connectivity index (χ2n) is 6.84. The van der Waals surface area contributed by atoms with E-state index in [1.54, 1.807) is 0 Å². The second-order valence-corrected chi connectivity index (χ2v) is 8.07. The van der Waals surface area contributed by atoms with Gasteiger partial charge >= 0.3 is 0 Å². The lowest BCUT2D eigenvalue weighted by Gasteiger charge is -2.08. The molecule has 2 aromatic heterocycles. The first-order valence-corrected chi connectivity index (χ1v) is 10.2. The number of benzene rings is 1. The number of anilines is 1. The number of aromatic nitrogens is 4. The van der Waals surface area contributed by atoms with Gasteiger partial charge in [0.25, 0.3) is 0 Å². The molecule has 1 N–H and O–H groups in total. The molecule has 1 aromatic carbocycles. The normalized spacial score (nSPS) is 11.1. The van der Waals surface area contributed by atoms with E-state index >= 15 is 0 Å². The monoisotopic (exact) mass is 463 g/mol. The Hall–Kier alpha value is -2.12. The van der Waals surface area contributed by atoms with Crippen LogP contribution in [-0.4, -0.2) is 25.5 Å². The van der Waals surface area contributed by atoms with Crippen LogP contribution in [0.4, 0.5) is 5.69 Å². The standard InChI is InChI=1S/C20H23BrClN5O/c1-12-19(21)14(3)26(24-12)9-8-18(28)23-20-13(2)25-27(15(20)4)11-16-6-5-7-17(22)10-16/h5-7,10H,8-9,11H2,1-4H3,(H,23,28). The van der Waals surface area contributed by atoms with Crippen molar-refractivity contribution in [2.45, 2.75) is 47.2 Å². The van der Waals surface area contributed by atoms with E-state index in [1.807, 2.05) is 61.3 Å². The Kier molecular flexibility index (Phi) is 6.25. The number of hydrogen-bond acceptors (Lipinski definition) is 3. The number of amides is 1. The van der Waals surface area contributed by atoms with E-state index in [2.05, 4.69) is 31.4 Å². The first-order valence-electron chi connectivity index (χ1n) is 9.04. The molecule has 0 aliphatic heterocycles. The molecule has 3 aromatic rings. The third-order valence-corrected chi connectivity index (χ3v) is 6.09. The number of nitrogens with one attached hydrogen (secondary N) is 1. The zero-order chi connectivity index (χ0) is 20.4. The van der Waals surface area contributed by atoms with Gasteiger partial charge in [0.05, 0.1) is 40.3 Å². The summed E-state index contributed by atoms with van der Waals surface area (Å²) in [5, 5.41) is 12.7. The third-order valence-electron chi connectivity index (χ3n) is 4.71. The van der Waals surface area contributed by atoms with Crippen LogP contribution in [0.5, 0.6) is 0 Å². The summed E-state index contributed by atoms with van der Waals surface area (Å²) in [4.78, 5) is 12.5. The molecule has 148 valence electrons. The van der Waals surface area contributed by atoms with Crippen LogP contribution in [0.15, 0.2) is 28.7 Å². The molecule has 2 heterocycles. The highest BCUT2D eigenvalue weighted by atomic mass is 79.9. The Balaban J connectivity index is 1.67. The lowest BCUT2D eigenvalue weighted by Crippen LogP contribution is -2.16. The highest BCUT2D eigenvalue weighted by Gasteiger charge is 2.15. The highest BCUT2D eigenvalue weighted by Crippen LogP contribution is 2.22. The van der Waals surface area contributed by atoms with Crippen LogP contribution < -0.4 is 5.32 Å². The average Bonchev–Trinajstić information content (AvgIpc) is 3.04. The molecule has 6 nitrogen and oxygen atoms in total. The SMILES string of the molecule is Cc1nn(CCC(=O)Nc2c(C)nn(Cc3cccc(Cl)c3)c2C)c(C)c1Br. The van der Waals surface area contributed by atoms with Gasteiger partial charge in [-0.05, 0) is 61.3 Å².